The Kier molecular flexibility index (Phi) is 34.4. The van der Waals surface area contributed by atoms with E-state index in [0.717, 1.165) is 55.2 Å². The smallest absolute Gasteiger partial charge is 0.462 e. The van der Waals surface area contributed by atoms with Crippen molar-refractivity contribution < 1.29 is 86.3 Å². The number of unbranched alkanes of at least 4 members (excludes halogenated alkanes) is 17. The first-order valence-electron chi connectivity index (χ1n) is 28.6. The largest absolute Gasteiger partial charge is 0.481 e. The Labute approximate surface area is 461 Å². The summed E-state index contributed by atoms with van der Waals surface area (Å²) in [5, 5.41) is 56.9. The number of phosphoric ester groups is 2. The summed E-state index contributed by atoms with van der Waals surface area (Å²) in [6, 6.07) is 1.23. The zero-order valence-electron chi connectivity index (χ0n) is 46.4. The van der Waals surface area contributed by atoms with Gasteiger partial charge in [0.25, 0.3) is 0 Å². The molecule has 1 saturated heterocycles. The number of carbonyl (C=O) groups is 2. The Hall–Kier alpha value is -2.92. The van der Waals surface area contributed by atoms with Crippen LogP contribution in [0.25, 0.3) is 0 Å². The number of ether oxygens (including phenoxy) is 4. The maximum Gasteiger partial charge on any atom is 0.481 e. The van der Waals surface area contributed by atoms with Crippen LogP contribution < -0.4 is 11.4 Å². The predicted octanol–water partition coefficient (Wildman–Crippen LogP) is 8.53. The van der Waals surface area contributed by atoms with Gasteiger partial charge in [-0.3, -0.25) is 23.2 Å². The summed E-state index contributed by atoms with van der Waals surface area (Å²) < 4.78 is 65.0. The summed E-state index contributed by atoms with van der Waals surface area (Å²) in [5.41, 5.74) is 4.77. The SMILES string of the molecule is CCCCC[C@H](O)/C=C/[C@H]1OC(O)C[C@H](O)[C@@H]2CC=CCCCC(=O)OC[C@@H](OC(=O)CCCCCCCCCCCCCCCCCCC(C)C)COP(=O)(O)OP(=O)(O)OC[C@@H](O[C@H]2n2ccc(N)nc2=O)[C@@H](O)[C@H]1O. The molecule has 0 radical (unpaired) electrons. The van der Waals surface area contributed by atoms with Crippen molar-refractivity contribution in [1.82, 2.24) is 9.55 Å². The normalized spacial score (nSPS) is 29.2. The maximum absolute atomic E-state index is 13.4. The first-order valence-corrected chi connectivity index (χ1v) is 31.6. The van der Waals surface area contributed by atoms with Gasteiger partial charge in [-0.05, 0) is 44.1 Å². The van der Waals surface area contributed by atoms with Crippen molar-refractivity contribution in [2.24, 2.45) is 11.8 Å². The number of aliphatic hydroxyl groups excluding tert-OH is 5. The van der Waals surface area contributed by atoms with Gasteiger partial charge in [-0.1, -0.05) is 167 Å². The van der Waals surface area contributed by atoms with Gasteiger partial charge in [0, 0.05) is 31.4 Å². The summed E-state index contributed by atoms with van der Waals surface area (Å²) >= 11 is 0. The standard InChI is InChI=1S/C54H95N3O19P2/c1-4-5-22-28-41(58)32-33-45-51(63)52(64)46-39-72-78(68,69)76-77(66,67)71-38-42(73-49(61)31-26-19-17-15-13-11-9-7-6-8-10-12-14-16-18-23-27-40(2)3)37-70-48(60)30-25-21-20-24-29-43(44(59)36-50(62)74-45)53(75-46)57-35-34-47(55)56-54(57)65/h20,24,32-35,40-46,50-53,58-59,62-64H,4-19,21-23,25-31,36-39H2,1-3H3,(H,66,67)(H,68,69)(H2,55,56,65)/b24-20?,33-32+/t41-,42+,43-,44-,45+,46+,50?,51-,52+,53+/m0/s1. The number of anilines is 1. The minimum Gasteiger partial charge on any atom is -0.462 e. The molecule has 450 valence electrons. The van der Waals surface area contributed by atoms with Crippen LogP contribution in [0.2, 0.25) is 0 Å². The molecule has 2 bridgehead atoms. The third-order valence-electron chi connectivity index (χ3n) is 13.8. The quantitative estimate of drug-likeness (QED) is 0.0177. The zero-order chi connectivity index (χ0) is 57.4. The molecule has 0 amide bonds. The highest BCUT2D eigenvalue weighted by molar-refractivity contribution is 7.61. The van der Waals surface area contributed by atoms with Crippen molar-refractivity contribution in [3.63, 3.8) is 0 Å². The van der Waals surface area contributed by atoms with E-state index in [0.29, 0.717) is 19.3 Å². The van der Waals surface area contributed by atoms with Crippen LogP contribution in [0.4, 0.5) is 5.82 Å². The molecule has 2 aliphatic rings. The lowest BCUT2D eigenvalue weighted by molar-refractivity contribution is -0.192. The summed E-state index contributed by atoms with van der Waals surface area (Å²) in [5.74, 6) is -2.05. The van der Waals surface area contributed by atoms with E-state index in [1.165, 1.54) is 95.3 Å². The number of allylic oxidation sites excluding steroid dienone is 2. The van der Waals surface area contributed by atoms with Crippen molar-refractivity contribution in [3.05, 3.63) is 47.1 Å². The molecule has 3 rings (SSSR count). The number of cyclic esters (lactones) is 1. The lowest BCUT2D eigenvalue weighted by Crippen LogP contribution is -2.49. The number of nitrogens with two attached hydrogens (primary N) is 1. The molecule has 12 atom stereocenters. The third-order valence-corrected chi connectivity index (χ3v) is 16.4. The third kappa shape index (κ3) is 29.7. The molecule has 1 aromatic rings. The van der Waals surface area contributed by atoms with E-state index in [-0.39, 0.29) is 37.9 Å². The molecule has 24 heteroatoms. The van der Waals surface area contributed by atoms with Crippen LogP contribution in [0.15, 0.2) is 41.4 Å². The van der Waals surface area contributed by atoms with Crippen LogP contribution in [-0.2, 0) is 51.0 Å². The molecule has 22 nitrogen and oxygen atoms in total. The molecule has 0 spiro atoms. The average molecular weight is 1150 g/mol. The van der Waals surface area contributed by atoms with Crippen LogP contribution in [-0.4, -0.2) is 126 Å². The highest BCUT2D eigenvalue weighted by Crippen LogP contribution is 2.60. The van der Waals surface area contributed by atoms with Crippen molar-refractivity contribution in [2.45, 2.75) is 249 Å². The van der Waals surface area contributed by atoms with E-state index in [2.05, 4.69) is 23.1 Å². The van der Waals surface area contributed by atoms with Gasteiger partial charge in [-0.15, -0.1) is 0 Å². The van der Waals surface area contributed by atoms with Gasteiger partial charge < -0.3 is 60.0 Å². The van der Waals surface area contributed by atoms with E-state index >= 15 is 0 Å². The van der Waals surface area contributed by atoms with Crippen LogP contribution in [0.3, 0.4) is 0 Å². The minimum absolute atomic E-state index is 0.00155. The second-order valence-electron chi connectivity index (χ2n) is 21.2. The van der Waals surface area contributed by atoms with Gasteiger partial charge >= 0.3 is 33.3 Å². The van der Waals surface area contributed by atoms with Crippen molar-refractivity contribution in [3.8, 4) is 0 Å². The summed E-state index contributed by atoms with van der Waals surface area (Å²) in [4.78, 5) is 64.5. The molecule has 78 heavy (non-hydrogen) atoms. The van der Waals surface area contributed by atoms with Gasteiger partial charge in [0.1, 0.15) is 43.1 Å². The van der Waals surface area contributed by atoms with Gasteiger partial charge in [-0.25, -0.2) is 13.9 Å². The van der Waals surface area contributed by atoms with E-state index < -0.39 is 121 Å². The fourth-order valence-corrected chi connectivity index (χ4v) is 11.3. The number of rotatable bonds is 27. The topological polar surface area (TPSA) is 335 Å². The van der Waals surface area contributed by atoms with Crippen LogP contribution in [0.5, 0.6) is 0 Å². The van der Waals surface area contributed by atoms with Gasteiger partial charge in [0.05, 0.1) is 25.4 Å². The first-order chi connectivity index (χ1) is 37.2. The maximum atomic E-state index is 13.4. The molecule has 0 saturated carbocycles. The van der Waals surface area contributed by atoms with Gasteiger partial charge in [-0.2, -0.15) is 9.29 Å². The number of phosphoric acid groups is 2. The fourth-order valence-electron chi connectivity index (χ4n) is 9.24. The first kappa shape index (κ1) is 69.3. The second-order valence-corrected chi connectivity index (χ2v) is 24.2. The zero-order valence-corrected chi connectivity index (χ0v) is 48.2. The molecular formula is C54H95N3O19P2. The molecule has 3 unspecified atom stereocenters. The Morgan fingerprint density at radius 3 is 2.00 bits per heavy atom. The minimum atomic E-state index is -5.74. The number of esters is 2. The van der Waals surface area contributed by atoms with Gasteiger partial charge in [0.15, 0.2) is 12.4 Å². The van der Waals surface area contributed by atoms with Crippen molar-refractivity contribution >= 4 is 33.4 Å². The van der Waals surface area contributed by atoms with Crippen molar-refractivity contribution in [1.29, 1.82) is 0 Å². The monoisotopic (exact) mass is 1150 g/mol. The number of hydrogen-bond donors (Lipinski definition) is 8. The number of hydrogen-bond acceptors (Lipinski definition) is 19. The molecule has 1 fully saturated rings. The number of nitrogen functional groups attached to an aromatic ring is 1. The fraction of sp³-hybridized carbons (Fsp3) is 0.815. The predicted molar refractivity (Wildman–Crippen MR) is 292 cm³/mol. The second kappa shape index (κ2) is 38.7. The molecule has 0 aliphatic carbocycles. The Balaban J connectivity index is 1.71. The van der Waals surface area contributed by atoms with E-state index in [1.54, 1.807) is 12.2 Å². The van der Waals surface area contributed by atoms with Crippen LogP contribution in [0, 0.1) is 11.8 Å². The van der Waals surface area contributed by atoms with Crippen LogP contribution >= 0.6 is 15.6 Å². The van der Waals surface area contributed by atoms with Gasteiger partial charge in [0.2, 0.25) is 0 Å². The van der Waals surface area contributed by atoms with E-state index in [9.17, 15) is 58.8 Å². The highest BCUT2D eigenvalue weighted by atomic mass is 31.3. The number of aromatic nitrogens is 2. The van der Waals surface area contributed by atoms with E-state index in [4.69, 9.17) is 33.7 Å². The summed E-state index contributed by atoms with van der Waals surface area (Å²) in [6.45, 7) is 3.78. The Morgan fingerprint density at radius 1 is 0.808 bits per heavy atom. The molecule has 2 aliphatic heterocycles. The number of carbonyl (C=O) groups excluding carboxylic acids is 2. The molecule has 1 aromatic heterocycles. The molecular weight excluding hydrogens is 1060 g/mol. The average Bonchev–Trinajstić information content (AvgIpc) is 3.38. The molecule has 9 N–H and O–H groups in total. The van der Waals surface area contributed by atoms with E-state index in [1.807, 2.05) is 6.92 Å². The highest BCUT2D eigenvalue weighted by Gasteiger charge is 2.44. The number of fused-ring (bicyclic) bond motifs is 3. The lowest BCUT2D eigenvalue weighted by atomic mass is 9.92. The molecule has 0 aromatic carbocycles. The summed E-state index contributed by atoms with van der Waals surface area (Å²) in [7, 11) is -11.3. The number of nitrogens with zero attached hydrogens (tertiary/aromatic N) is 2. The number of aliphatic hydroxyl groups is 5. The Morgan fingerprint density at radius 2 is 1.40 bits per heavy atom. The van der Waals surface area contributed by atoms with Crippen molar-refractivity contribution in [2.75, 3.05) is 25.6 Å². The van der Waals surface area contributed by atoms with Crippen LogP contribution in [0.1, 0.15) is 200 Å². The lowest BCUT2D eigenvalue weighted by Gasteiger charge is -2.36. The summed E-state index contributed by atoms with van der Waals surface area (Å²) in [6.07, 6.45) is 13.7. The Bertz CT molecular complexity index is 2050. The molecule has 3 heterocycles.